The average Bonchev–Trinajstić information content (AvgIpc) is 2.83. The molecule has 116 valence electrons. The number of hydrogen-bond donors (Lipinski definition) is 1. The number of aromatic nitrogens is 1. The molecule has 2 aromatic rings. The summed E-state index contributed by atoms with van der Waals surface area (Å²) < 4.78 is 29.1. The molecule has 2 heterocycles. The van der Waals surface area contributed by atoms with Crippen molar-refractivity contribution >= 4 is 5.91 Å². The third-order valence-electron chi connectivity index (χ3n) is 3.45. The largest absolute Gasteiger partial charge is 0.467 e. The number of halogens is 1. The van der Waals surface area contributed by atoms with Crippen LogP contribution in [0.3, 0.4) is 0 Å². The highest BCUT2D eigenvalue weighted by molar-refractivity contribution is 5.96. The zero-order valence-electron chi connectivity index (χ0n) is 12.2. The standard InChI is InChI=1S/C15H15FN2O4/c1-8-13(9(2)22-18-8)15(19)17-5-10-3-12(16)4-11-6-20-7-21-14(10)11/h3-4H,5-7H2,1-2H3,(H,17,19). The summed E-state index contributed by atoms with van der Waals surface area (Å²) in [5, 5.41) is 6.47. The highest BCUT2D eigenvalue weighted by Gasteiger charge is 2.20. The number of nitrogens with one attached hydrogen (secondary N) is 1. The molecule has 22 heavy (non-hydrogen) atoms. The van der Waals surface area contributed by atoms with Crippen LogP contribution in [0.5, 0.6) is 5.75 Å². The van der Waals surface area contributed by atoms with Gasteiger partial charge in [-0.2, -0.15) is 0 Å². The van der Waals surface area contributed by atoms with E-state index < -0.39 is 5.82 Å². The van der Waals surface area contributed by atoms with Gasteiger partial charge in [0.25, 0.3) is 5.91 Å². The number of benzene rings is 1. The topological polar surface area (TPSA) is 73.6 Å². The second-order valence-corrected chi connectivity index (χ2v) is 5.05. The third kappa shape index (κ3) is 2.67. The van der Waals surface area contributed by atoms with Crippen molar-refractivity contribution in [3.63, 3.8) is 0 Å². The fourth-order valence-corrected chi connectivity index (χ4v) is 2.46. The highest BCUT2D eigenvalue weighted by Crippen LogP contribution is 2.29. The Morgan fingerprint density at radius 1 is 1.41 bits per heavy atom. The van der Waals surface area contributed by atoms with E-state index in [1.165, 1.54) is 12.1 Å². The molecule has 1 aromatic carbocycles. The Hall–Kier alpha value is -2.41. The van der Waals surface area contributed by atoms with Crippen LogP contribution in [-0.2, 0) is 17.9 Å². The van der Waals surface area contributed by atoms with Crippen LogP contribution in [0.4, 0.5) is 4.39 Å². The second kappa shape index (κ2) is 5.76. The number of aryl methyl sites for hydroxylation is 2. The number of carbonyl (C=O) groups excluding carboxylic acids is 1. The molecule has 1 aliphatic rings. The summed E-state index contributed by atoms with van der Waals surface area (Å²) in [6.45, 7) is 3.90. The maximum absolute atomic E-state index is 13.6. The zero-order chi connectivity index (χ0) is 15.7. The molecule has 6 nitrogen and oxygen atoms in total. The van der Waals surface area contributed by atoms with E-state index in [9.17, 15) is 9.18 Å². The Morgan fingerprint density at radius 3 is 2.95 bits per heavy atom. The van der Waals surface area contributed by atoms with Crippen LogP contribution in [0.1, 0.15) is 32.9 Å². The van der Waals surface area contributed by atoms with Gasteiger partial charge >= 0.3 is 0 Å². The lowest BCUT2D eigenvalue weighted by molar-refractivity contribution is -0.0173. The number of amides is 1. The van der Waals surface area contributed by atoms with Crippen LogP contribution in [0.2, 0.25) is 0 Å². The van der Waals surface area contributed by atoms with Gasteiger partial charge in [0.2, 0.25) is 0 Å². The van der Waals surface area contributed by atoms with Gasteiger partial charge in [-0.25, -0.2) is 4.39 Å². The van der Waals surface area contributed by atoms with Gasteiger partial charge in [0.1, 0.15) is 22.9 Å². The molecular formula is C15H15FN2O4. The summed E-state index contributed by atoms with van der Waals surface area (Å²) in [5.41, 5.74) is 2.11. The SMILES string of the molecule is Cc1noc(C)c1C(=O)NCc1cc(F)cc2c1OCOC2. The van der Waals surface area contributed by atoms with Crippen molar-refractivity contribution in [2.45, 2.75) is 27.0 Å². The molecule has 1 aliphatic heterocycles. The van der Waals surface area contributed by atoms with Crippen molar-refractivity contribution < 1.29 is 23.2 Å². The first kappa shape index (κ1) is 14.5. The normalized spacial score (nSPS) is 13.4. The molecule has 1 amide bonds. The van der Waals surface area contributed by atoms with E-state index in [0.717, 1.165) is 0 Å². The van der Waals surface area contributed by atoms with Crippen LogP contribution in [0.15, 0.2) is 16.7 Å². The first-order valence-corrected chi connectivity index (χ1v) is 6.79. The summed E-state index contributed by atoms with van der Waals surface area (Å²) in [6.07, 6.45) is 0. The Kier molecular flexibility index (Phi) is 3.81. The van der Waals surface area contributed by atoms with Gasteiger partial charge in [0, 0.05) is 17.7 Å². The van der Waals surface area contributed by atoms with E-state index in [1.54, 1.807) is 13.8 Å². The van der Waals surface area contributed by atoms with Gasteiger partial charge in [0.15, 0.2) is 6.79 Å². The van der Waals surface area contributed by atoms with Crippen LogP contribution < -0.4 is 10.1 Å². The number of hydrogen-bond acceptors (Lipinski definition) is 5. The highest BCUT2D eigenvalue weighted by atomic mass is 19.1. The van der Waals surface area contributed by atoms with E-state index in [1.807, 2.05) is 0 Å². The molecule has 0 fully saturated rings. The van der Waals surface area contributed by atoms with E-state index in [2.05, 4.69) is 10.5 Å². The smallest absolute Gasteiger partial charge is 0.257 e. The summed E-state index contributed by atoms with van der Waals surface area (Å²) in [6, 6.07) is 2.71. The number of ether oxygens (including phenoxy) is 2. The van der Waals surface area contributed by atoms with Crippen molar-refractivity contribution in [2.24, 2.45) is 0 Å². The molecular weight excluding hydrogens is 291 g/mol. The number of fused-ring (bicyclic) bond motifs is 1. The third-order valence-corrected chi connectivity index (χ3v) is 3.45. The van der Waals surface area contributed by atoms with Crippen LogP contribution >= 0.6 is 0 Å². The lowest BCUT2D eigenvalue weighted by atomic mass is 10.1. The van der Waals surface area contributed by atoms with Gasteiger partial charge in [0.05, 0.1) is 12.3 Å². The molecule has 0 radical (unpaired) electrons. The maximum atomic E-state index is 13.6. The molecule has 0 atom stereocenters. The number of rotatable bonds is 3. The Morgan fingerprint density at radius 2 is 2.23 bits per heavy atom. The molecule has 0 aliphatic carbocycles. The molecule has 3 rings (SSSR count). The number of carbonyl (C=O) groups is 1. The summed E-state index contributed by atoms with van der Waals surface area (Å²) in [4.78, 5) is 12.2. The molecule has 0 bridgehead atoms. The van der Waals surface area contributed by atoms with Gasteiger partial charge in [-0.3, -0.25) is 4.79 Å². The first-order valence-electron chi connectivity index (χ1n) is 6.79. The van der Waals surface area contributed by atoms with Gasteiger partial charge in [-0.15, -0.1) is 0 Å². The minimum absolute atomic E-state index is 0.115. The van der Waals surface area contributed by atoms with Gasteiger partial charge in [-0.1, -0.05) is 5.16 Å². The molecule has 7 heteroatoms. The maximum Gasteiger partial charge on any atom is 0.257 e. The van der Waals surface area contributed by atoms with Crippen LogP contribution in [-0.4, -0.2) is 17.9 Å². The van der Waals surface area contributed by atoms with E-state index in [4.69, 9.17) is 14.0 Å². The summed E-state index contributed by atoms with van der Waals surface area (Å²) in [5.74, 6) is 0.295. The minimum atomic E-state index is -0.394. The Balaban J connectivity index is 1.80. The second-order valence-electron chi connectivity index (χ2n) is 5.05. The fourth-order valence-electron chi connectivity index (χ4n) is 2.46. The van der Waals surface area contributed by atoms with Crippen molar-refractivity contribution in [2.75, 3.05) is 6.79 Å². The van der Waals surface area contributed by atoms with Gasteiger partial charge < -0.3 is 19.3 Å². The van der Waals surface area contributed by atoms with Crippen molar-refractivity contribution in [1.29, 1.82) is 0 Å². The Bertz CT molecular complexity index is 707. The van der Waals surface area contributed by atoms with Crippen molar-refractivity contribution in [3.8, 4) is 5.75 Å². The van der Waals surface area contributed by atoms with Crippen molar-refractivity contribution in [1.82, 2.24) is 10.5 Å². The number of nitrogens with zero attached hydrogens (tertiary/aromatic N) is 1. The summed E-state index contributed by atoms with van der Waals surface area (Å²) >= 11 is 0. The monoisotopic (exact) mass is 306 g/mol. The lowest BCUT2D eigenvalue weighted by Crippen LogP contribution is -2.25. The fraction of sp³-hybridized carbons (Fsp3) is 0.333. The first-order chi connectivity index (χ1) is 10.6. The van der Waals surface area contributed by atoms with Crippen LogP contribution in [0, 0.1) is 19.7 Å². The molecule has 0 unspecified atom stereocenters. The van der Waals surface area contributed by atoms with Gasteiger partial charge in [-0.05, 0) is 26.0 Å². The quantitative estimate of drug-likeness (QED) is 0.941. The van der Waals surface area contributed by atoms with Crippen LogP contribution in [0.25, 0.3) is 0 Å². The van der Waals surface area contributed by atoms with E-state index >= 15 is 0 Å². The molecule has 1 N–H and O–H groups in total. The minimum Gasteiger partial charge on any atom is -0.467 e. The molecule has 1 aromatic heterocycles. The zero-order valence-corrected chi connectivity index (χ0v) is 12.2. The molecule has 0 spiro atoms. The summed E-state index contributed by atoms with van der Waals surface area (Å²) in [7, 11) is 0. The Labute approximate surface area is 126 Å². The van der Waals surface area contributed by atoms with Crippen molar-refractivity contribution in [3.05, 3.63) is 46.1 Å². The average molecular weight is 306 g/mol. The predicted molar refractivity (Wildman–Crippen MR) is 73.8 cm³/mol. The molecule has 0 saturated heterocycles. The predicted octanol–water partition coefficient (Wildman–Crippen LogP) is 2.23. The van der Waals surface area contributed by atoms with E-state index in [0.29, 0.717) is 33.9 Å². The lowest BCUT2D eigenvalue weighted by Gasteiger charge is -2.21. The van der Waals surface area contributed by atoms with E-state index in [-0.39, 0.29) is 25.9 Å². The molecule has 0 saturated carbocycles.